The molecule has 4 heteroatoms. The van der Waals surface area contributed by atoms with Gasteiger partial charge in [0.2, 0.25) is 5.91 Å². The third kappa shape index (κ3) is 2.39. The van der Waals surface area contributed by atoms with Gasteiger partial charge in [-0.3, -0.25) is 14.7 Å². The summed E-state index contributed by atoms with van der Waals surface area (Å²) in [5, 5.41) is 0. The van der Waals surface area contributed by atoms with Crippen LogP contribution in [-0.2, 0) is 11.2 Å². The van der Waals surface area contributed by atoms with E-state index in [-0.39, 0.29) is 11.8 Å². The first-order valence-corrected chi connectivity index (χ1v) is 5.59. The Morgan fingerprint density at radius 2 is 2.44 bits per heavy atom. The molecule has 2 N–H and O–H groups in total. The monoisotopic (exact) mass is 219 g/mol. The molecule has 0 radical (unpaired) electrons. The van der Waals surface area contributed by atoms with E-state index in [2.05, 4.69) is 22.9 Å². The average molecular weight is 219 g/mol. The summed E-state index contributed by atoms with van der Waals surface area (Å²) in [6.45, 7) is 3.78. The van der Waals surface area contributed by atoms with E-state index in [0.717, 1.165) is 19.5 Å². The lowest BCUT2D eigenvalue weighted by atomic mass is 9.95. The summed E-state index contributed by atoms with van der Waals surface area (Å²) in [7, 11) is 0. The fourth-order valence-corrected chi connectivity index (χ4v) is 2.04. The van der Waals surface area contributed by atoms with Gasteiger partial charge in [-0.2, -0.15) is 0 Å². The first-order chi connectivity index (χ1) is 7.66. The van der Waals surface area contributed by atoms with Gasteiger partial charge in [-0.1, -0.05) is 6.07 Å². The van der Waals surface area contributed by atoms with E-state index >= 15 is 0 Å². The highest BCUT2D eigenvalue weighted by Crippen LogP contribution is 2.20. The largest absolute Gasteiger partial charge is 0.369 e. The lowest BCUT2D eigenvalue weighted by Gasteiger charge is -2.41. The molecule has 0 aromatic carbocycles. The Morgan fingerprint density at radius 3 is 3.00 bits per heavy atom. The highest BCUT2D eigenvalue weighted by Gasteiger charge is 2.33. The predicted octanol–water partition coefficient (Wildman–Crippen LogP) is 0.430. The molecule has 1 amide bonds. The second kappa shape index (κ2) is 4.61. The van der Waals surface area contributed by atoms with E-state index < -0.39 is 0 Å². The van der Waals surface area contributed by atoms with E-state index in [4.69, 9.17) is 5.73 Å². The molecule has 86 valence electrons. The molecule has 16 heavy (non-hydrogen) atoms. The van der Waals surface area contributed by atoms with Crippen LogP contribution in [0.15, 0.2) is 24.5 Å². The Balaban J connectivity index is 1.82. The normalized spacial score (nSPS) is 19.1. The number of carbonyl (C=O) groups is 1. The average Bonchev–Trinajstić information content (AvgIpc) is 2.15. The minimum atomic E-state index is -0.176. The molecule has 1 saturated heterocycles. The van der Waals surface area contributed by atoms with Crippen LogP contribution in [0.1, 0.15) is 12.5 Å². The Labute approximate surface area is 95.5 Å². The van der Waals surface area contributed by atoms with Crippen molar-refractivity contribution in [3.05, 3.63) is 30.1 Å². The molecule has 1 aliphatic heterocycles. The Kier molecular flexibility index (Phi) is 3.19. The summed E-state index contributed by atoms with van der Waals surface area (Å²) in [4.78, 5) is 17.3. The minimum Gasteiger partial charge on any atom is -0.369 e. The summed E-state index contributed by atoms with van der Waals surface area (Å²) in [6.07, 6.45) is 4.64. The molecule has 1 atom stereocenters. The van der Waals surface area contributed by atoms with Gasteiger partial charge in [0.05, 0.1) is 5.92 Å². The molecule has 0 bridgehead atoms. The maximum absolute atomic E-state index is 10.9. The van der Waals surface area contributed by atoms with Crippen LogP contribution in [0, 0.1) is 5.92 Å². The molecule has 1 unspecified atom stereocenters. The zero-order valence-electron chi connectivity index (χ0n) is 9.47. The van der Waals surface area contributed by atoms with E-state index in [0.29, 0.717) is 6.04 Å². The van der Waals surface area contributed by atoms with Crippen molar-refractivity contribution in [2.24, 2.45) is 11.7 Å². The zero-order valence-corrected chi connectivity index (χ0v) is 9.47. The van der Waals surface area contributed by atoms with Crippen LogP contribution in [0.2, 0.25) is 0 Å². The second-order valence-corrected chi connectivity index (χ2v) is 4.47. The number of likely N-dealkylation sites (tertiary alicyclic amines) is 1. The Bertz CT molecular complexity index is 360. The molecule has 1 aliphatic rings. The van der Waals surface area contributed by atoms with Crippen molar-refractivity contribution in [3.8, 4) is 0 Å². The number of carbonyl (C=O) groups excluding carboxylic acids is 1. The van der Waals surface area contributed by atoms with E-state index in [9.17, 15) is 4.79 Å². The molecule has 1 fully saturated rings. The standard InChI is InChI=1S/C12H17N3O/c1-9(5-10-3-2-4-14-6-10)15-7-11(8-15)12(13)16/h2-4,6,9,11H,5,7-8H2,1H3,(H2,13,16). The number of pyridine rings is 1. The number of nitrogens with two attached hydrogens (primary N) is 1. The number of rotatable bonds is 4. The van der Waals surface area contributed by atoms with E-state index in [1.807, 2.05) is 12.3 Å². The number of nitrogens with zero attached hydrogens (tertiary/aromatic N) is 2. The molecule has 2 rings (SSSR count). The van der Waals surface area contributed by atoms with Crippen LogP contribution in [0.5, 0.6) is 0 Å². The van der Waals surface area contributed by atoms with Crippen molar-refractivity contribution in [1.29, 1.82) is 0 Å². The summed E-state index contributed by atoms with van der Waals surface area (Å²) >= 11 is 0. The fraction of sp³-hybridized carbons (Fsp3) is 0.500. The van der Waals surface area contributed by atoms with Gasteiger partial charge in [-0.25, -0.2) is 0 Å². The molecular weight excluding hydrogens is 202 g/mol. The maximum Gasteiger partial charge on any atom is 0.223 e. The first-order valence-electron chi connectivity index (χ1n) is 5.59. The Morgan fingerprint density at radius 1 is 1.69 bits per heavy atom. The highest BCUT2D eigenvalue weighted by atomic mass is 16.1. The summed E-state index contributed by atoms with van der Waals surface area (Å²) in [5.41, 5.74) is 6.47. The van der Waals surface area contributed by atoms with Crippen molar-refractivity contribution < 1.29 is 4.79 Å². The van der Waals surface area contributed by atoms with Gasteiger partial charge in [-0.05, 0) is 25.0 Å². The SMILES string of the molecule is CC(Cc1cccnc1)N1CC(C(N)=O)C1. The third-order valence-corrected chi connectivity index (χ3v) is 3.19. The Hall–Kier alpha value is -1.42. The quantitative estimate of drug-likeness (QED) is 0.799. The van der Waals surface area contributed by atoms with Gasteiger partial charge in [0, 0.05) is 31.5 Å². The molecule has 0 spiro atoms. The van der Waals surface area contributed by atoms with Gasteiger partial charge in [0.1, 0.15) is 0 Å². The molecule has 2 heterocycles. The lowest BCUT2D eigenvalue weighted by Crippen LogP contribution is -2.56. The molecular formula is C12H17N3O. The number of primary amides is 1. The third-order valence-electron chi connectivity index (χ3n) is 3.19. The number of hydrogen-bond donors (Lipinski definition) is 1. The van der Waals surface area contributed by atoms with Crippen LogP contribution in [-0.4, -0.2) is 34.9 Å². The van der Waals surface area contributed by atoms with Crippen molar-refractivity contribution in [2.45, 2.75) is 19.4 Å². The van der Waals surface area contributed by atoms with Gasteiger partial charge in [0.15, 0.2) is 0 Å². The van der Waals surface area contributed by atoms with Gasteiger partial charge < -0.3 is 5.73 Å². The summed E-state index contributed by atoms with van der Waals surface area (Å²) in [5.74, 6) is -0.124. The minimum absolute atomic E-state index is 0.0522. The maximum atomic E-state index is 10.9. The molecule has 1 aromatic heterocycles. The van der Waals surface area contributed by atoms with Crippen molar-refractivity contribution in [1.82, 2.24) is 9.88 Å². The van der Waals surface area contributed by atoms with Crippen LogP contribution in [0.25, 0.3) is 0 Å². The number of amides is 1. The smallest absolute Gasteiger partial charge is 0.223 e. The lowest BCUT2D eigenvalue weighted by molar-refractivity contribution is -0.127. The van der Waals surface area contributed by atoms with Crippen molar-refractivity contribution in [3.63, 3.8) is 0 Å². The first kappa shape index (κ1) is 11.1. The number of aromatic nitrogens is 1. The van der Waals surface area contributed by atoms with Gasteiger partial charge in [0.25, 0.3) is 0 Å². The fourth-order valence-electron chi connectivity index (χ4n) is 2.04. The van der Waals surface area contributed by atoms with Crippen LogP contribution >= 0.6 is 0 Å². The van der Waals surface area contributed by atoms with E-state index in [1.165, 1.54) is 5.56 Å². The molecule has 0 saturated carbocycles. The molecule has 0 aliphatic carbocycles. The van der Waals surface area contributed by atoms with Gasteiger partial charge >= 0.3 is 0 Å². The summed E-state index contributed by atoms with van der Waals surface area (Å²) in [6, 6.07) is 4.47. The second-order valence-electron chi connectivity index (χ2n) is 4.47. The van der Waals surface area contributed by atoms with Crippen LogP contribution in [0.4, 0.5) is 0 Å². The predicted molar refractivity (Wildman–Crippen MR) is 61.7 cm³/mol. The topological polar surface area (TPSA) is 59.2 Å². The van der Waals surface area contributed by atoms with Crippen molar-refractivity contribution >= 4 is 5.91 Å². The van der Waals surface area contributed by atoms with E-state index in [1.54, 1.807) is 6.20 Å². The zero-order chi connectivity index (χ0) is 11.5. The van der Waals surface area contributed by atoms with Gasteiger partial charge in [-0.15, -0.1) is 0 Å². The highest BCUT2D eigenvalue weighted by molar-refractivity contribution is 5.78. The van der Waals surface area contributed by atoms with Crippen LogP contribution < -0.4 is 5.73 Å². The number of hydrogen-bond acceptors (Lipinski definition) is 3. The molecule has 1 aromatic rings. The molecule has 4 nitrogen and oxygen atoms in total. The summed E-state index contributed by atoms with van der Waals surface area (Å²) < 4.78 is 0. The van der Waals surface area contributed by atoms with Crippen molar-refractivity contribution in [2.75, 3.05) is 13.1 Å². The van der Waals surface area contributed by atoms with Crippen LogP contribution in [0.3, 0.4) is 0 Å².